The number of hydrogen-bond acceptors (Lipinski definition) is 4. The Morgan fingerprint density at radius 1 is 1.00 bits per heavy atom. The maximum Gasteiger partial charge on any atom is 0.296 e. The molecule has 2 aromatic rings. The second-order valence-electron chi connectivity index (χ2n) is 8.47. The van der Waals surface area contributed by atoms with Gasteiger partial charge in [-0.1, -0.05) is 44.6 Å². The van der Waals surface area contributed by atoms with E-state index in [1.54, 1.807) is 0 Å². The third-order valence-corrected chi connectivity index (χ3v) is 6.63. The van der Waals surface area contributed by atoms with Crippen molar-refractivity contribution in [3.63, 3.8) is 0 Å². The summed E-state index contributed by atoms with van der Waals surface area (Å²) in [5.74, 6) is 0.587. The maximum absolute atomic E-state index is 12.4. The standard InChI is InChI=1S/C23H28N2O3/c1-15(26)19-14-21(25(27)28)23-18(22(19)17-10-6-3-7-11-17)12-13-20(24-23)16-8-4-2-5-9-16/h12-14,16-17H,2-11H2,1H3. The minimum Gasteiger partial charge on any atom is -0.294 e. The molecule has 5 nitrogen and oxygen atoms in total. The fourth-order valence-corrected chi connectivity index (χ4v) is 5.20. The summed E-state index contributed by atoms with van der Waals surface area (Å²) in [7, 11) is 0. The zero-order chi connectivity index (χ0) is 19.7. The van der Waals surface area contributed by atoms with Gasteiger partial charge in [0.05, 0.1) is 4.92 Å². The second kappa shape index (κ2) is 7.98. The molecule has 0 spiro atoms. The lowest BCUT2D eigenvalue weighted by Gasteiger charge is -2.26. The lowest BCUT2D eigenvalue weighted by atomic mass is 9.79. The van der Waals surface area contributed by atoms with Gasteiger partial charge in [-0.25, -0.2) is 4.98 Å². The summed E-state index contributed by atoms with van der Waals surface area (Å²) in [6.07, 6.45) is 11.5. The van der Waals surface area contributed by atoms with Gasteiger partial charge in [-0.3, -0.25) is 14.9 Å². The van der Waals surface area contributed by atoms with E-state index >= 15 is 0 Å². The van der Waals surface area contributed by atoms with Gasteiger partial charge in [0.25, 0.3) is 5.69 Å². The van der Waals surface area contributed by atoms with Crippen molar-refractivity contribution in [1.82, 2.24) is 4.98 Å². The van der Waals surface area contributed by atoms with E-state index in [9.17, 15) is 14.9 Å². The van der Waals surface area contributed by atoms with Gasteiger partial charge in [0.1, 0.15) is 5.52 Å². The summed E-state index contributed by atoms with van der Waals surface area (Å²) in [4.78, 5) is 28.7. The lowest BCUT2D eigenvalue weighted by molar-refractivity contribution is -0.383. The van der Waals surface area contributed by atoms with Crippen LogP contribution in [0.25, 0.3) is 10.9 Å². The van der Waals surface area contributed by atoms with Crippen LogP contribution in [-0.4, -0.2) is 15.7 Å². The number of rotatable bonds is 4. The lowest BCUT2D eigenvalue weighted by Crippen LogP contribution is -2.13. The number of nitro groups is 1. The van der Waals surface area contributed by atoms with Crippen LogP contribution in [0.1, 0.15) is 105 Å². The van der Waals surface area contributed by atoms with Gasteiger partial charge in [0.15, 0.2) is 5.78 Å². The molecule has 0 amide bonds. The van der Waals surface area contributed by atoms with Crippen molar-refractivity contribution < 1.29 is 9.72 Å². The fourth-order valence-electron chi connectivity index (χ4n) is 5.20. The predicted molar refractivity (Wildman–Crippen MR) is 110 cm³/mol. The monoisotopic (exact) mass is 380 g/mol. The van der Waals surface area contributed by atoms with E-state index in [4.69, 9.17) is 4.98 Å². The molecule has 0 unspecified atom stereocenters. The van der Waals surface area contributed by atoms with Crippen LogP contribution in [0.5, 0.6) is 0 Å². The van der Waals surface area contributed by atoms with Crippen LogP contribution in [0, 0.1) is 10.1 Å². The molecule has 0 radical (unpaired) electrons. The first-order valence-electron chi connectivity index (χ1n) is 10.7. The smallest absolute Gasteiger partial charge is 0.294 e. The number of carbonyl (C=O) groups is 1. The van der Waals surface area contributed by atoms with E-state index < -0.39 is 0 Å². The maximum atomic E-state index is 12.4. The number of nitro benzene ring substituents is 1. The number of benzene rings is 1. The average molecular weight is 380 g/mol. The molecule has 2 saturated carbocycles. The average Bonchev–Trinajstić information content (AvgIpc) is 2.73. The quantitative estimate of drug-likeness (QED) is 0.347. The molecule has 4 rings (SSSR count). The summed E-state index contributed by atoms with van der Waals surface area (Å²) >= 11 is 0. The molecular weight excluding hydrogens is 352 g/mol. The minimum absolute atomic E-state index is 0.0302. The van der Waals surface area contributed by atoms with Crippen molar-refractivity contribution in [2.45, 2.75) is 83.0 Å². The van der Waals surface area contributed by atoms with Gasteiger partial charge in [0, 0.05) is 28.6 Å². The van der Waals surface area contributed by atoms with Crippen LogP contribution >= 0.6 is 0 Å². The number of fused-ring (bicyclic) bond motifs is 1. The number of non-ortho nitro benzene ring substituents is 1. The van der Waals surface area contributed by atoms with E-state index in [1.165, 1.54) is 38.7 Å². The molecule has 148 valence electrons. The van der Waals surface area contributed by atoms with Crippen LogP contribution in [0.2, 0.25) is 0 Å². The van der Waals surface area contributed by atoms with Gasteiger partial charge in [-0.2, -0.15) is 0 Å². The molecule has 28 heavy (non-hydrogen) atoms. The molecule has 1 heterocycles. The van der Waals surface area contributed by atoms with Crippen LogP contribution < -0.4 is 0 Å². The van der Waals surface area contributed by atoms with Crippen LogP contribution in [0.4, 0.5) is 5.69 Å². The molecule has 2 aliphatic carbocycles. The number of carbonyl (C=O) groups excluding carboxylic acids is 1. The predicted octanol–water partition coefficient (Wildman–Crippen LogP) is 6.44. The van der Waals surface area contributed by atoms with Crippen molar-refractivity contribution in [2.75, 3.05) is 0 Å². The normalized spacial score (nSPS) is 19.0. The molecule has 0 saturated heterocycles. The Balaban J connectivity index is 1.92. The van der Waals surface area contributed by atoms with Gasteiger partial charge in [-0.15, -0.1) is 0 Å². The molecule has 1 aromatic carbocycles. The number of Topliss-reactive ketones (excluding diaryl/α,β-unsaturated/α-hetero) is 1. The van der Waals surface area contributed by atoms with Crippen LogP contribution in [-0.2, 0) is 0 Å². The number of ketones is 1. The van der Waals surface area contributed by atoms with Gasteiger partial charge < -0.3 is 0 Å². The highest BCUT2D eigenvalue weighted by Crippen LogP contribution is 2.42. The summed E-state index contributed by atoms with van der Waals surface area (Å²) in [5, 5.41) is 12.6. The zero-order valence-electron chi connectivity index (χ0n) is 16.6. The number of pyridine rings is 1. The van der Waals surface area contributed by atoms with Crippen molar-refractivity contribution in [3.8, 4) is 0 Å². The first kappa shape index (κ1) is 19.0. The summed E-state index contributed by atoms with van der Waals surface area (Å²) in [5.41, 5.74) is 2.92. The summed E-state index contributed by atoms with van der Waals surface area (Å²) in [6, 6.07) is 5.56. The van der Waals surface area contributed by atoms with Gasteiger partial charge in [-0.05, 0) is 50.2 Å². The SMILES string of the molecule is CC(=O)c1cc([N+](=O)[O-])c2nc(C3CCCCC3)ccc2c1C1CCCCC1. The Morgan fingerprint density at radius 2 is 1.61 bits per heavy atom. The van der Waals surface area contributed by atoms with Crippen molar-refractivity contribution in [3.05, 3.63) is 45.1 Å². The largest absolute Gasteiger partial charge is 0.296 e. The highest BCUT2D eigenvalue weighted by Gasteiger charge is 2.28. The molecule has 0 aliphatic heterocycles. The Morgan fingerprint density at radius 3 is 2.18 bits per heavy atom. The second-order valence-corrected chi connectivity index (χ2v) is 8.47. The number of hydrogen-bond donors (Lipinski definition) is 0. The molecule has 0 bridgehead atoms. The Kier molecular flexibility index (Phi) is 5.42. The first-order valence-corrected chi connectivity index (χ1v) is 10.7. The molecule has 0 atom stereocenters. The van der Waals surface area contributed by atoms with Crippen LogP contribution in [0.15, 0.2) is 18.2 Å². The molecular formula is C23H28N2O3. The minimum atomic E-state index is -0.378. The Labute approximate surface area is 165 Å². The van der Waals surface area contributed by atoms with E-state index in [2.05, 4.69) is 6.07 Å². The zero-order valence-corrected chi connectivity index (χ0v) is 16.6. The van der Waals surface area contributed by atoms with Gasteiger partial charge >= 0.3 is 0 Å². The summed E-state index contributed by atoms with van der Waals surface area (Å²) in [6.45, 7) is 1.51. The number of nitrogens with zero attached hydrogens (tertiary/aromatic N) is 2. The van der Waals surface area contributed by atoms with E-state index in [0.29, 0.717) is 22.9 Å². The fraction of sp³-hybridized carbons (Fsp3) is 0.565. The van der Waals surface area contributed by atoms with Crippen molar-refractivity contribution >= 4 is 22.4 Å². The third kappa shape index (κ3) is 3.54. The van der Waals surface area contributed by atoms with E-state index in [1.807, 2.05) is 6.07 Å². The van der Waals surface area contributed by atoms with Crippen LogP contribution in [0.3, 0.4) is 0 Å². The van der Waals surface area contributed by atoms with E-state index in [0.717, 1.165) is 55.2 Å². The molecule has 2 aliphatic rings. The van der Waals surface area contributed by atoms with Gasteiger partial charge in [0.2, 0.25) is 0 Å². The molecule has 0 N–H and O–H groups in total. The van der Waals surface area contributed by atoms with E-state index in [-0.39, 0.29) is 16.4 Å². The topological polar surface area (TPSA) is 73.1 Å². The Bertz CT molecular complexity index is 910. The molecule has 5 heteroatoms. The van der Waals surface area contributed by atoms with Crippen molar-refractivity contribution in [1.29, 1.82) is 0 Å². The van der Waals surface area contributed by atoms with Crippen molar-refractivity contribution in [2.24, 2.45) is 0 Å². The Hall–Kier alpha value is -2.30. The molecule has 2 fully saturated rings. The summed E-state index contributed by atoms with van der Waals surface area (Å²) < 4.78 is 0. The molecule has 1 aromatic heterocycles. The first-order chi connectivity index (χ1) is 13.6. The third-order valence-electron chi connectivity index (χ3n) is 6.63. The highest BCUT2D eigenvalue weighted by molar-refractivity contribution is 6.04. The highest BCUT2D eigenvalue weighted by atomic mass is 16.6. The number of aromatic nitrogens is 1.